The molecule has 0 aliphatic carbocycles. The lowest BCUT2D eigenvalue weighted by molar-refractivity contribution is -0.116. The molecule has 0 bridgehead atoms. The first-order valence-corrected chi connectivity index (χ1v) is 4.39. The number of nitrogens with two attached hydrogens (primary N) is 1. The average Bonchev–Trinajstić information content (AvgIpc) is 2.47. The van der Waals surface area contributed by atoms with E-state index in [-0.39, 0.29) is 30.7 Å². The summed E-state index contributed by atoms with van der Waals surface area (Å²) in [5.41, 5.74) is 7.83. The Morgan fingerprint density at radius 1 is 1.25 bits per heavy atom. The van der Waals surface area contributed by atoms with Crippen molar-refractivity contribution in [3.8, 4) is 0 Å². The summed E-state index contributed by atoms with van der Waals surface area (Å²) in [6.07, 6.45) is 0.407. The van der Waals surface area contributed by atoms with Gasteiger partial charge in [0.05, 0.1) is 12.1 Å². The van der Waals surface area contributed by atoms with Crippen LogP contribution in [0.25, 0.3) is 0 Å². The Labute approximate surface area is 106 Å². The molecule has 2 N–H and O–H groups in total. The van der Waals surface area contributed by atoms with Crippen molar-refractivity contribution >= 4 is 47.8 Å². The molecule has 1 aliphatic heterocycles. The Hall–Kier alpha value is -1.26. The number of carbonyl (C=O) groups excluding carboxylic acids is 1. The van der Waals surface area contributed by atoms with E-state index < -0.39 is 0 Å². The molecule has 0 saturated heterocycles. The van der Waals surface area contributed by atoms with Gasteiger partial charge in [0.15, 0.2) is 0 Å². The van der Waals surface area contributed by atoms with Crippen LogP contribution in [0.2, 0.25) is 0 Å². The number of hydrogen-bond donors (Lipinski definition) is 1. The van der Waals surface area contributed by atoms with Gasteiger partial charge >= 0.3 is 0 Å². The van der Waals surface area contributed by atoms with Crippen LogP contribution in [0, 0.1) is 0 Å². The second-order valence-electron chi connectivity index (χ2n) is 3.31. The van der Waals surface area contributed by atoms with E-state index in [0.29, 0.717) is 12.1 Å². The van der Waals surface area contributed by atoms with Gasteiger partial charge in [0.25, 0.3) is 5.91 Å². The quantitative estimate of drug-likeness (QED) is 0.789. The highest BCUT2D eigenvalue weighted by Gasteiger charge is 2.22. The van der Waals surface area contributed by atoms with Gasteiger partial charge in [-0.2, -0.15) is 5.10 Å². The van der Waals surface area contributed by atoms with E-state index >= 15 is 0 Å². The fourth-order valence-electron chi connectivity index (χ4n) is 1.37. The zero-order valence-corrected chi connectivity index (χ0v) is 10.3. The first-order valence-electron chi connectivity index (χ1n) is 4.39. The molecule has 0 saturated carbocycles. The van der Waals surface area contributed by atoms with E-state index in [4.69, 9.17) is 5.73 Å². The Kier molecular flexibility index (Phi) is 5.27. The third-order valence-corrected chi connectivity index (χ3v) is 2.05. The van der Waals surface area contributed by atoms with Crippen LogP contribution in [0.3, 0.4) is 0 Å². The molecule has 0 atom stereocenters. The van der Waals surface area contributed by atoms with Crippen LogP contribution < -0.4 is 10.7 Å². The third kappa shape index (κ3) is 2.87. The van der Waals surface area contributed by atoms with E-state index in [1.54, 1.807) is 24.3 Å². The fraction of sp³-hybridized carbons (Fsp3) is 0.200. The number of nitrogens with zero attached hydrogens (tertiary/aromatic N) is 2. The highest BCUT2D eigenvalue weighted by atomic mass is 35.5. The summed E-state index contributed by atoms with van der Waals surface area (Å²) < 4.78 is 0. The van der Waals surface area contributed by atoms with Crippen molar-refractivity contribution < 1.29 is 4.79 Å². The molecule has 88 valence electrons. The van der Waals surface area contributed by atoms with Crippen molar-refractivity contribution in [2.45, 2.75) is 13.3 Å². The highest BCUT2D eigenvalue weighted by Crippen LogP contribution is 2.21. The number of nitrogen functional groups attached to an aromatic ring is 1. The lowest BCUT2D eigenvalue weighted by Gasteiger charge is -2.11. The number of hydrogen-bond acceptors (Lipinski definition) is 3. The van der Waals surface area contributed by atoms with Crippen LogP contribution in [0.4, 0.5) is 11.4 Å². The maximum absolute atomic E-state index is 11.5. The second-order valence-corrected chi connectivity index (χ2v) is 3.31. The van der Waals surface area contributed by atoms with Crippen LogP contribution in [0.15, 0.2) is 29.4 Å². The molecule has 1 aromatic rings. The summed E-state index contributed by atoms with van der Waals surface area (Å²) in [5, 5.41) is 5.54. The molecule has 6 heteroatoms. The van der Waals surface area contributed by atoms with Gasteiger partial charge in [-0.25, -0.2) is 5.01 Å². The summed E-state index contributed by atoms with van der Waals surface area (Å²) >= 11 is 0. The molecule has 2 rings (SSSR count). The molecule has 4 nitrogen and oxygen atoms in total. The summed E-state index contributed by atoms with van der Waals surface area (Å²) in [6.45, 7) is 1.84. The largest absolute Gasteiger partial charge is 0.399 e. The van der Waals surface area contributed by atoms with E-state index in [9.17, 15) is 4.79 Å². The summed E-state index contributed by atoms with van der Waals surface area (Å²) in [4.78, 5) is 11.5. The summed E-state index contributed by atoms with van der Waals surface area (Å²) in [5.74, 6) is 0.00673. The van der Waals surface area contributed by atoms with Crippen molar-refractivity contribution in [1.29, 1.82) is 0 Å². The van der Waals surface area contributed by atoms with Crippen molar-refractivity contribution in [3.63, 3.8) is 0 Å². The van der Waals surface area contributed by atoms with Gasteiger partial charge in [-0.3, -0.25) is 4.79 Å². The number of amides is 1. The van der Waals surface area contributed by atoms with Gasteiger partial charge in [0.2, 0.25) is 0 Å². The van der Waals surface area contributed by atoms with Gasteiger partial charge in [-0.15, -0.1) is 24.8 Å². The number of benzene rings is 1. The van der Waals surface area contributed by atoms with Gasteiger partial charge in [0, 0.05) is 11.4 Å². The number of halogens is 2. The number of hydrazone groups is 1. The van der Waals surface area contributed by atoms with E-state index in [1.165, 1.54) is 5.01 Å². The number of anilines is 2. The topological polar surface area (TPSA) is 58.7 Å². The number of carbonyl (C=O) groups is 1. The maximum Gasteiger partial charge on any atom is 0.253 e. The average molecular weight is 262 g/mol. The molecule has 0 radical (unpaired) electrons. The lowest BCUT2D eigenvalue weighted by atomic mass is 10.2. The van der Waals surface area contributed by atoms with Crippen molar-refractivity contribution in [2.24, 2.45) is 5.10 Å². The molecule has 0 unspecified atom stereocenters. The SMILES string of the molecule is CC1=NN(c2ccc(N)cc2)C(=O)C1.Cl.Cl. The molecule has 0 fully saturated rings. The predicted octanol–water partition coefficient (Wildman–Crippen LogP) is 2.23. The molecular weight excluding hydrogens is 249 g/mol. The maximum atomic E-state index is 11.5. The Morgan fingerprint density at radius 2 is 1.81 bits per heavy atom. The minimum atomic E-state index is 0. The van der Waals surface area contributed by atoms with Gasteiger partial charge in [-0.1, -0.05) is 0 Å². The molecule has 0 aromatic heterocycles. The van der Waals surface area contributed by atoms with Gasteiger partial charge < -0.3 is 5.73 Å². The van der Waals surface area contributed by atoms with E-state index in [2.05, 4.69) is 5.10 Å². The second kappa shape index (κ2) is 5.72. The Balaban J connectivity index is 0.00000112. The van der Waals surface area contributed by atoms with Crippen molar-refractivity contribution in [2.75, 3.05) is 10.7 Å². The van der Waals surface area contributed by atoms with E-state index in [0.717, 1.165) is 11.4 Å². The Morgan fingerprint density at radius 3 is 2.25 bits per heavy atom. The summed E-state index contributed by atoms with van der Waals surface area (Å²) in [6, 6.07) is 7.09. The van der Waals surface area contributed by atoms with Gasteiger partial charge in [-0.05, 0) is 31.2 Å². The smallest absolute Gasteiger partial charge is 0.253 e. The standard InChI is InChI=1S/C10H11N3O.2ClH/c1-7-6-10(14)13(12-7)9-4-2-8(11)3-5-9;;/h2-5H,6,11H2,1H3;2*1H. The summed E-state index contributed by atoms with van der Waals surface area (Å²) in [7, 11) is 0. The predicted molar refractivity (Wildman–Crippen MR) is 70.6 cm³/mol. The zero-order valence-electron chi connectivity index (χ0n) is 8.71. The molecule has 1 aliphatic rings. The fourth-order valence-corrected chi connectivity index (χ4v) is 1.37. The number of rotatable bonds is 1. The zero-order chi connectivity index (χ0) is 10.1. The van der Waals surface area contributed by atoms with Gasteiger partial charge in [0.1, 0.15) is 0 Å². The van der Waals surface area contributed by atoms with Crippen LogP contribution in [0.5, 0.6) is 0 Å². The monoisotopic (exact) mass is 261 g/mol. The normalized spacial score (nSPS) is 13.9. The van der Waals surface area contributed by atoms with Crippen molar-refractivity contribution in [1.82, 2.24) is 0 Å². The molecule has 0 spiro atoms. The molecule has 16 heavy (non-hydrogen) atoms. The molecule has 1 heterocycles. The van der Waals surface area contributed by atoms with E-state index in [1.807, 2.05) is 6.92 Å². The van der Waals surface area contributed by atoms with Crippen LogP contribution in [-0.2, 0) is 4.79 Å². The van der Waals surface area contributed by atoms with Crippen LogP contribution in [-0.4, -0.2) is 11.6 Å². The minimum Gasteiger partial charge on any atom is -0.399 e. The van der Waals surface area contributed by atoms with Crippen LogP contribution >= 0.6 is 24.8 Å². The van der Waals surface area contributed by atoms with Crippen molar-refractivity contribution in [3.05, 3.63) is 24.3 Å². The highest BCUT2D eigenvalue weighted by molar-refractivity contribution is 6.12. The first-order chi connectivity index (χ1) is 6.66. The molecule has 1 aromatic carbocycles. The molecular formula is C10H13Cl2N3O. The first kappa shape index (κ1) is 14.7. The minimum absolute atomic E-state index is 0. The van der Waals surface area contributed by atoms with Crippen LogP contribution in [0.1, 0.15) is 13.3 Å². The Bertz CT molecular complexity index is 403. The third-order valence-electron chi connectivity index (χ3n) is 2.05. The lowest BCUT2D eigenvalue weighted by Crippen LogP contribution is -2.19. The molecule has 1 amide bonds.